The Kier molecular flexibility index (Phi) is 4.00. The Morgan fingerprint density at radius 1 is 1.32 bits per heavy atom. The van der Waals surface area contributed by atoms with Crippen molar-refractivity contribution in [2.45, 2.75) is 18.2 Å². The second-order valence-electron chi connectivity index (χ2n) is 4.74. The van der Waals surface area contributed by atoms with Crippen LogP contribution in [0.5, 0.6) is 0 Å². The largest absolute Gasteiger partial charge is 0.473 e. The minimum Gasteiger partial charge on any atom is -0.473 e. The predicted octanol–water partition coefficient (Wildman–Crippen LogP) is 3.62. The van der Waals surface area contributed by atoms with E-state index in [2.05, 4.69) is 11.3 Å². The summed E-state index contributed by atoms with van der Waals surface area (Å²) in [7, 11) is 1.06. The molecule has 1 unspecified atom stereocenters. The average Bonchev–Trinajstić information content (AvgIpc) is 2.45. The van der Waals surface area contributed by atoms with Gasteiger partial charge in [-0.1, -0.05) is 18.7 Å². The maximum atomic E-state index is 13.7. The Balaban J connectivity index is 2.57. The van der Waals surface area contributed by atoms with Gasteiger partial charge in [-0.3, -0.25) is 0 Å². The Morgan fingerprint density at radius 2 is 1.91 bits per heavy atom. The van der Waals surface area contributed by atoms with Gasteiger partial charge in [0.15, 0.2) is 0 Å². The number of hydrogen-bond acceptors (Lipinski definition) is 3. The van der Waals surface area contributed by atoms with Crippen LogP contribution in [0.4, 0.5) is 17.6 Å². The zero-order valence-electron chi connectivity index (χ0n) is 11.5. The molecule has 0 amide bonds. The maximum Gasteiger partial charge on any atom is 0.432 e. The molecule has 0 fully saturated rings. The van der Waals surface area contributed by atoms with Crippen LogP contribution in [0.3, 0.4) is 0 Å². The maximum absolute atomic E-state index is 13.7. The van der Waals surface area contributed by atoms with Crippen LogP contribution in [0.25, 0.3) is 0 Å². The van der Waals surface area contributed by atoms with Gasteiger partial charge in [-0.25, -0.2) is 9.18 Å². The number of carbonyl (C=O) groups is 1. The van der Waals surface area contributed by atoms with Crippen molar-refractivity contribution in [3.05, 3.63) is 59.6 Å². The van der Waals surface area contributed by atoms with Gasteiger partial charge in [0.2, 0.25) is 5.60 Å². The van der Waals surface area contributed by atoms with E-state index in [0.717, 1.165) is 37.5 Å². The first-order chi connectivity index (χ1) is 10.2. The fraction of sp³-hybridized carbons (Fsp3) is 0.267. The third-order valence-electron chi connectivity index (χ3n) is 3.30. The van der Waals surface area contributed by atoms with Crippen LogP contribution in [-0.4, -0.2) is 19.3 Å². The summed E-state index contributed by atoms with van der Waals surface area (Å²) < 4.78 is 63.4. The lowest BCUT2D eigenvalue weighted by atomic mass is 9.84. The van der Waals surface area contributed by atoms with E-state index in [1.807, 2.05) is 0 Å². The molecule has 0 spiro atoms. The minimum absolute atomic E-state index is 0.222. The summed E-state index contributed by atoms with van der Waals surface area (Å²) in [5, 5.41) is 0. The van der Waals surface area contributed by atoms with Crippen molar-refractivity contribution in [2.24, 2.45) is 0 Å². The summed E-state index contributed by atoms with van der Waals surface area (Å²) in [6, 6.07) is 3.73. The van der Waals surface area contributed by atoms with Crippen molar-refractivity contribution in [3.63, 3.8) is 0 Å². The molecule has 1 aromatic carbocycles. The molecule has 0 saturated heterocycles. The minimum atomic E-state index is -4.85. The van der Waals surface area contributed by atoms with E-state index < -0.39 is 30.0 Å². The summed E-state index contributed by atoms with van der Waals surface area (Å²) in [6.07, 6.45) is -4.53. The highest BCUT2D eigenvalue weighted by Gasteiger charge is 2.60. The molecule has 1 aromatic rings. The molecule has 1 heterocycles. The van der Waals surface area contributed by atoms with Crippen molar-refractivity contribution in [1.82, 2.24) is 0 Å². The van der Waals surface area contributed by atoms with Gasteiger partial charge in [0.1, 0.15) is 11.6 Å². The monoisotopic (exact) mass is 316 g/mol. The van der Waals surface area contributed by atoms with Gasteiger partial charge in [-0.15, -0.1) is 0 Å². The Morgan fingerprint density at radius 3 is 2.41 bits per heavy atom. The molecule has 0 bridgehead atoms. The number of ether oxygens (including phenoxy) is 2. The number of allylic oxidation sites excluding steroid dienone is 1. The van der Waals surface area contributed by atoms with Gasteiger partial charge < -0.3 is 9.47 Å². The third kappa shape index (κ3) is 2.70. The molecule has 2 rings (SSSR count). The van der Waals surface area contributed by atoms with Gasteiger partial charge in [0.25, 0.3) is 0 Å². The summed E-state index contributed by atoms with van der Waals surface area (Å²) >= 11 is 0. The zero-order valence-corrected chi connectivity index (χ0v) is 11.5. The molecule has 0 N–H and O–H groups in total. The van der Waals surface area contributed by atoms with Gasteiger partial charge in [-0.2, -0.15) is 13.2 Å². The second kappa shape index (κ2) is 5.47. The number of benzene rings is 1. The summed E-state index contributed by atoms with van der Waals surface area (Å²) in [5.74, 6) is -1.91. The van der Waals surface area contributed by atoms with Crippen LogP contribution in [0.2, 0.25) is 0 Å². The molecule has 1 atom stereocenters. The lowest BCUT2D eigenvalue weighted by Gasteiger charge is -2.39. The topological polar surface area (TPSA) is 35.5 Å². The van der Waals surface area contributed by atoms with Crippen LogP contribution >= 0.6 is 0 Å². The quantitative estimate of drug-likeness (QED) is 0.617. The molecule has 0 saturated carbocycles. The molecule has 0 aromatic heterocycles. The fourth-order valence-electron chi connectivity index (χ4n) is 2.27. The molecule has 7 heteroatoms. The van der Waals surface area contributed by atoms with Crippen molar-refractivity contribution >= 4 is 5.97 Å². The smallest absolute Gasteiger partial charge is 0.432 e. The highest BCUT2D eigenvalue weighted by molar-refractivity contribution is 5.89. The first-order valence-corrected chi connectivity index (χ1v) is 6.19. The van der Waals surface area contributed by atoms with Gasteiger partial charge in [0.05, 0.1) is 7.11 Å². The van der Waals surface area contributed by atoms with Crippen LogP contribution in [-0.2, 0) is 19.9 Å². The lowest BCUT2D eigenvalue weighted by Crippen LogP contribution is -2.47. The first kappa shape index (κ1) is 16.1. The normalized spacial score (nSPS) is 21.9. The Hall–Kier alpha value is -2.31. The van der Waals surface area contributed by atoms with Crippen LogP contribution in [0, 0.1) is 5.82 Å². The summed E-state index contributed by atoms with van der Waals surface area (Å²) in [5.41, 5.74) is -3.35. The van der Waals surface area contributed by atoms with Crippen molar-refractivity contribution in [3.8, 4) is 0 Å². The fourth-order valence-corrected chi connectivity index (χ4v) is 2.27. The molecule has 0 radical (unpaired) electrons. The van der Waals surface area contributed by atoms with E-state index in [1.165, 1.54) is 0 Å². The van der Waals surface area contributed by atoms with Crippen LogP contribution in [0.15, 0.2) is 48.3 Å². The highest BCUT2D eigenvalue weighted by Crippen LogP contribution is 2.50. The molecular formula is C15H12F4O3. The van der Waals surface area contributed by atoms with E-state index in [-0.39, 0.29) is 16.9 Å². The molecule has 22 heavy (non-hydrogen) atoms. The number of halogens is 4. The number of carbonyl (C=O) groups excluding carboxylic acids is 1. The summed E-state index contributed by atoms with van der Waals surface area (Å²) in [4.78, 5) is 11.6. The molecule has 1 aliphatic rings. The summed E-state index contributed by atoms with van der Waals surface area (Å²) in [6.45, 7) is 3.35. The van der Waals surface area contributed by atoms with E-state index >= 15 is 0 Å². The van der Waals surface area contributed by atoms with Crippen molar-refractivity contribution in [2.75, 3.05) is 7.11 Å². The van der Waals surface area contributed by atoms with Crippen molar-refractivity contribution in [1.29, 1.82) is 0 Å². The lowest BCUT2D eigenvalue weighted by molar-refractivity contribution is -0.273. The standard InChI is InChI=1S/C15H12F4O3/c1-9-7-10(13(20)21-2)8-14(22-9,15(17,18)19)11-3-5-12(16)6-4-11/h3-7H,1,8H2,2H3. The number of methoxy groups -OCH3 is 1. The van der Waals surface area contributed by atoms with Crippen LogP contribution in [0.1, 0.15) is 12.0 Å². The Labute approximate surface area is 123 Å². The van der Waals surface area contributed by atoms with Crippen molar-refractivity contribution < 1.29 is 31.8 Å². The number of esters is 1. The van der Waals surface area contributed by atoms with E-state index in [9.17, 15) is 22.4 Å². The average molecular weight is 316 g/mol. The number of hydrogen-bond donors (Lipinski definition) is 0. The van der Waals surface area contributed by atoms with E-state index in [1.54, 1.807) is 0 Å². The van der Waals surface area contributed by atoms with Crippen LogP contribution < -0.4 is 0 Å². The number of alkyl halides is 3. The molecule has 0 aliphatic carbocycles. The second-order valence-corrected chi connectivity index (χ2v) is 4.74. The predicted molar refractivity (Wildman–Crippen MR) is 69.1 cm³/mol. The first-order valence-electron chi connectivity index (χ1n) is 6.19. The highest BCUT2D eigenvalue weighted by atomic mass is 19.4. The Bertz CT molecular complexity index is 631. The third-order valence-corrected chi connectivity index (χ3v) is 3.30. The van der Waals surface area contributed by atoms with Gasteiger partial charge in [-0.05, 0) is 18.2 Å². The van der Waals surface area contributed by atoms with E-state index in [0.29, 0.717) is 0 Å². The molecule has 1 aliphatic heterocycles. The van der Waals surface area contributed by atoms with Gasteiger partial charge in [0, 0.05) is 17.6 Å². The molecular weight excluding hydrogens is 304 g/mol. The zero-order chi connectivity index (χ0) is 16.5. The number of rotatable bonds is 2. The van der Waals surface area contributed by atoms with E-state index in [4.69, 9.17) is 4.74 Å². The van der Waals surface area contributed by atoms with Gasteiger partial charge >= 0.3 is 12.1 Å². The SMILES string of the molecule is C=C1C=C(C(=O)OC)CC(c2ccc(F)cc2)(C(F)(F)F)O1. The molecule has 118 valence electrons. The molecule has 3 nitrogen and oxygen atoms in total.